The van der Waals surface area contributed by atoms with Crippen molar-refractivity contribution in [2.45, 2.75) is 32.1 Å². The lowest BCUT2D eigenvalue weighted by molar-refractivity contribution is 0.0697. The highest BCUT2D eigenvalue weighted by atomic mass is 35.5. The third-order valence-corrected chi connectivity index (χ3v) is 7.06. The van der Waals surface area contributed by atoms with Crippen LogP contribution in [-0.2, 0) is 0 Å². The minimum Gasteiger partial charge on any atom is -0.478 e. The predicted octanol–water partition coefficient (Wildman–Crippen LogP) is 7.80. The lowest BCUT2D eigenvalue weighted by atomic mass is 9.87. The van der Waals surface area contributed by atoms with Crippen LogP contribution in [0.3, 0.4) is 0 Å². The Balaban J connectivity index is 1.55. The first-order chi connectivity index (χ1) is 18.5. The molecule has 0 saturated heterocycles. The van der Waals surface area contributed by atoms with Crippen LogP contribution < -0.4 is 0 Å². The van der Waals surface area contributed by atoms with E-state index in [0.717, 1.165) is 29.4 Å². The average molecular weight is 524 g/mol. The van der Waals surface area contributed by atoms with Gasteiger partial charge < -0.3 is 10.1 Å². The quantitative estimate of drug-likeness (QED) is 0.192. The van der Waals surface area contributed by atoms with Gasteiger partial charge in [-0.2, -0.15) is 0 Å². The Morgan fingerprint density at radius 2 is 1.76 bits per heavy atom. The van der Waals surface area contributed by atoms with E-state index in [1.54, 1.807) is 36.7 Å². The van der Waals surface area contributed by atoms with E-state index in [4.69, 9.17) is 11.6 Å². The molecule has 38 heavy (non-hydrogen) atoms. The molecule has 0 fully saturated rings. The number of aromatic amines is 1. The van der Waals surface area contributed by atoms with Gasteiger partial charge in [0, 0.05) is 40.5 Å². The highest BCUT2D eigenvalue weighted by Crippen LogP contribution is 2.39. The molecule has 7 heteroatoms. The Hall–Kier alpha value is -4.29. The number of aromatic carboxylic acids is 1. The van der Waals surface area contributed by atoms with Gasteiger partial charge in [0.05, 0.1) is 16.6 Å². The Morgan fingerprint density at radius 3 is 2.50 bits per heavy atom. The number of carbonyl (C=O) groups is 2. The summed E-state index contributed by atoms with van der Waals surface area (Å²) in [7, 11) is 0. The number of carboxylic acid groups (broad SMARTS) is 1. The number of hydrogen-bond donors (Lipinski definition) is 2. The molecular formula is C31H26ClN3O3. The van der Waals surface area contributed by atoms with Gasteiger partial charge >= 0.3 is 5.97 Å². The van der Waals surface area contributed by atoms with Crippen LogP contribution in [-0.4, -0.2) is 31.8 Å². The summed E-state index contributed by atoms with van der Waals surface area (Å²) in [4.78, 5) is 37.8. The number of Topliss-reactive ketones (excluding diaryl/α,β-unsaturated/α-hetero) is 1. The smallest absolute Gasteiger partial charge is 0.336 e. The van der Waals surface area contributed by atoms with Gasteiger partial charge in [0.25, 0.3) is 0 Å². The first-order valence-electron chi connectivity index (χ1n) is 12.5. The Morgan fingerprint density at radius 1 is 0.974 bits per heavy atom. The van der Waals surface area contributed by atoms with Crippen molar-refractivity contribution in [3.63, 3.8) is 0 Å². The molecular weight excluding hydrogens is 498 g/mol. The zero-order valence-corrected chi connectivity index (χ0v) is 21.6. The predicted molar refractivity (Wildman–Crippen MR) is 150 cm³/mol. The third-order valence-electron chi connectivity index (χ3n) is 6.75. The fourth-order valence-corrected chi connectivity index (χ4v) is 5.18. The number of carboxylic acids is 1. The molecule has 3 aromatic carbocycles. The maximum atomic E-state index is 13.3. The molecule has 0 bridgehead atoms. The van der Waals surface area contributed by atoms with Crippen LogP contribution in [0.4, 0.5) is 0 Å². The molecule has 0 spiro atoms. The summed E-state index contributed by atoms with van der Waals surface area (Å²) in [6.45, 7) is 2.08. The third kappa shape index (κ3) is 5.08. The molecule has 0 aliphatic rings. The maximum Gasteiger partial charge on any atom is 0.336 e. The van der Waals surface area contributed by atoms with Crippen LogP contribution in [0.1, 0.15) is 58.4 Å². The lowest BCUT2D eigenvalue weighted by Crippen LogP contribution is -2.10. The maximum absolute atomic E-state index is 13.3. The second-order valence-corrected chi connectivity index (χ2v) is 9.63. The largest absolute Gasteiger partial charge is 0.478 e. The van der Waals surface area contributed by atoms with E-state index >= 15 is 0 Å². The molecule has 2 aromatic heterocycles. The van der Waals surface area contributed by atoms with E-state index < -0.39 is 5.97 Å². The summed E-state index contributed by atoms with van der Waals surface area (Å²) in [6.07, 6.45) is 5.51. The van der Waals surface area contributed by atoms with E-state index in [1.165, 1.54) is 6.07 Å². The summed E-state index contributed by atoms with van der Waals surface area (Å²) >= 11 is 6.66. The van der Waals surface area contributed by atoms with Crippen LogP contribution in [0.2, 0.25) is 5.02 Å². The van der Waals surface area contributed by atoms with Crippen molar-refractivity contribution in [1.82, 2.24) is 15.0 Å². The molecule has 5 rings (SSSR count). The Labute approximate surface area is 225 Å². The van der Waals surface area contributed by atoms with E-state index in [9.17, 15) is 14.7 Å². The molecule has 5 aromatic rings. The summed E-state index contributed by atoms with van der Waals surface area (Å²) in [5.74, 6) is -0.623. The number of halogens is 1. The number of hydrogen-bond acceptors (Lipinski definition) is 4. The highest BCUT2D eigenvalue weighted by molar-refractivity contribution is 6.34. The molecule has 190 valence electrons. The minimum atomic E-state index is -1.13. The van der Waals surface area contributed by atoms with E-state index in [2.05, 4.69) is 21.9 Å². The van der Waals surface area contributed by atoms with Gasteiger partial charge in [0.1, 0.15) is 5.82 Å². The SMILES string of the molecule is CCCC(CC(=O)c1ccc(-c2c(Cl)cccc2-c2nc3ccccc3[nH]2)c(C(=O)O)c1)c1ccncc1. The lowest BCUT2D eigenvalue weighted by Gasteiger charge is -2.17. The average Bonchev–Trinajstić information content (AvgIpc) is 3.37. The van der Waals surface area contributed by atoms with Gasteiger partial charge in [-0.05, 0) is 59.9 Å². The number of rotatable bonds is 9. The van der Waals surface area contributed by atoms with Gasteiger partial charge in [-0.1, -0.05) is 61.3 Å². The monoisotopic (exact) mass is 523 g/mol. The molecule has 0 aliphatic carbocycles. The Kier molecular flexibility index (Phi) is 7.33. The van der Waals surface area contributed by atoms with E-state index in [-0.39, 0.29) is 23.7 Å². The number of nitrogens with zero attached hydrogens (tertiary/aromatic N) is 2. The van der Waals surface area contributed by atoms with Gasteiger partial charge in [-0.25, -0.2) is 9.78 Å². The molecule has 6 nitrogen and oxygen atoms in total. The van der Waals surface area contributed by atoms with Crippen molar-refractivity contribution < 1.29 is 14.7 Å². The van der Waals surface area contributed by atoms with Crippen LogP contribution in [0.25, 0.3) is 33.5 Å². The normalized spacial score (nSPS) is 11.9. The standard InChI is InChI=1S/C31H26ClN3O3/c1-2-6-20(19-13-15-33-16-14-19)18-28(36)21-11-12-22(24(17-21)31(37)38)29-23(7-5-8-25(29)32)30-34-26-9-3-4-10-27(26)35-30/h3-5,7-17,20H,2,6,18H2,1H3,(H,34,35)(H,37,38). The van der Waals surface area contributed by atoms with Crippen molar-refractivity contribution in [1.29, 1.82) is 0 Å². The number of nitrogens with one attached hydrogen (secondary N) is 1. The second-order valence-electron chi connectivity index (χ2n) is 9.22. The number of aromatic nitrogens is 3. The van der Waals surface area contributed by atoms with Crippen molar-refractivity contribution >= 4 is 34.4 Å². The summed E-state index contributed by atoms with van der Waals surface area (Å²) < 4.78 is 0. The molecule has 1 unspecified atom stereocenters. The molecule has 0 saturated carbocycles. The number of para-hydroxylation sites is 2. The van der Waals surface area contributed by atoms with Crippen LogP contribution in [0.5, 0.6) is 0 Å². The molecule has 2 heterocycles. The van der Waals surface area contributed by atoms with Crippen molar-refractivity contribution in [2.75, 3.05) is 0 Å². The summed E-state index contributed by atoms with van der Waals surface area (Å²) in [6, 6.07) is 21.7. The van der Waals surface area contributed by atoms with Gasteiger partial charge in [0.15, 0.2) is 5.78 Å². The molecule has 1 atom stereocenters. The fraction of sp³-hybridized carbons (Fsp3) is 0.161. The molecule has 0 radical (unpaired) electrons. The van der Waals surface area contributed by atoms with Gasteiger partial charge in [0.2, 0.25) is 0 Å². The van der Waals surface area contributed by atoms with Crippen molar-refractivity contribution in [3.8, 4) is 22.5 Å². The zero-order valence-electron chi connectivity index (χ0n) is 20.8. The number of pyridine rings is 1. The number of carbonyl (C=O) groups excluding carboxylic acids is 1. The molecule has 0 amide bonds. The van der Waals surface area contributed by atoms with Crippen molar-refractivity contribution in [3.05, 3.63) is 107 Å². The topological polar surface area (TPSA) is 95.9 Å². The summed E-state index contributed by atoms with van der Waals surface area (Å²) in [5.41, 5.74) is 4.73. The van der Waals surface area contributed by atoms with Crippen LogP contribution >= 0.6 is 11.6 Å². The Bertz CT molecular complexity index is 1600. The van der Waals surface area contributed by atoms with Crippen LogP contribution in [0.15, 0.2) is 85.2 Å². The first kappa shape index (κ1) is 25.4. The first-order valence-corrected chi connectivity index (χ1v) is 12.9. The number of ketones is 1. The number of fused-ring (bicyclic) bond motifs is 1. The zero-order chi connectivity index (χ0) is 26.6. The summed E-state index contributed by atoms with van der Waals surface area (Å²) in [5, 5.41) is 10.6. The van der Waals surface area contributed by atoms with Gasteiger partial charge in [-0.3, -0.25) is 9.78 Å². The van der Waals surface area contributed by atoms with E-state index in [1.807, 2.05) is 42.5 Å². The molecule has 2 N–H and O–H groups in total. The number of H-pyrrole nitrogens is 1. The van der Waals surface area contributed by atoms with Crippen molar-refractivity contribution in [2.24, 2.45) is 0 Å². The second kappa shape index (κ2) is 11.0. The minimum absolute atomic E-state index is 0.0114. The number of benzene rings is 3. The van der Waals surface area contributed by atoms with E-state index in [0.29, 0.717) is 33.1 Å². The highest BCUT2D eigenvalue weighted by Gasteiger charge is 2.23. The van der Waals surface area contributed by atoms with Gasteiger partial charge in [-0.15, -0.1) is 0 Å². The number of imidazole rings is 1. The van der Waals surface area contributed by atoms with Crippen LogP contribution in [0, 0.1) is 0 Å². The fourth-order valence-electron chi connectivity index (χ4n) is 4.90. The molecule has 0 aliphatic heterocycles.